The lowest BCUT2D eigenvalue weighted by Crippen LogP contribution is -2.42. The molecule has 0 spiro atoms. The van der Waals surface area contributed by atoms with Crippen LogP contribution in [-0.2, 0) is 11.8 Å². The van der Waals surface area contributed by atoms with Crippen LogP contribution < -0.4 is 4.90 Å². The largest absolute Gasteiger partial charge is 0.351 e. The van der Waals surface area contributed by atoms with Crippen LogP contribution in [0.2, 0.25) is 0 Å². The average Bonchev–Trinajstić information content (AvgIpc) is 3.05. The van der Waals surface area contributed by atoms with Crippen molar-refractivity contribution in [2.45, 2.75) is 6.92 Å². The first-order valence-corrected chi connectivity index (χ1v) is 8.45. The van der Waals surface area contributed by atoms with Gasteiger partial charge in [0, 0.05) is 30.1 Å². The lowest BCUT2D eigenvalue weighted by atomic mass is 9.92. The van der Waals surface area contributed by atoms with E-state index in [2.05, 4.69) is 0 Å². The average molecular weight is 342 g/mol. The van der Waals surface area contributed by atoms with Gasteiger partial charge in [-0.05, 0) is 42.8 Å². The van der Waals surface area contributed by atoms with E-state index in [1.54, 1.807) is 12.1 Å². The number of hydrogen-bond donors (Lipinski definition) is 0. The molecule has 0 saturated heterocycles. The van der Waals surface area contributed by atoms with Crippen molar-refractivity contribution in [1.29, 1.82) is 0 Å². The van der Waals surface area contributed by atoms with Gasteiger partial charge in [-0.25, -0.2) is 4.90 Å². The summed E-state index contributed by atoms with van der Waals surface area (Å²) in [5, 5.41) is 0. The second kappa shape index (κ2) is 6.15. The zero-order valence-corrected chi connectivity index (χ0v) is 14.6. The number of carbonyl (C=O) groups excluding carboxylic acids is 2. The number of benzene rings is 2. The maximum Gasteiger partial charge on any atom is 0.266 e. The molecule has 0 unspecified atom stereocenters. The predicted octanol–water partition coefficient (Wildman–Crippen LogP) is 4.06. The molecule has 0 atom stereocenters. The molecule has 0 fully saturated rings. The number of amides is 2. The maximum absolute atomic E-state index is 13.3. The molecule has 0 aliphatic carbocycles. The van der Waals surface area contributed by atoms with E-state index in [9.17, 15) is 9.59 Å². The van der Waals surface area contributed by atoms with Gasteiger partial charge in [0.15, 0.2) is 0 Å². The first kappa shape index (κ1) is 16.1. The first-order chi connectivity index (χ1) is 12.6. The van der Waals surface area contributed by atoms with E-state index in [0.29, 0.717) is 22.4 Å². The predicted molar refractivity (Wildman–Crippen MR) is 103 cm³/mol. The van der Waals surface area contributed by atoms with Gasteiger partial charge < -0.3 is 4.57 Å². The molecule has 2 amide bonds. The maximum atomic E-state index is 13.3. The number of carbonyl (C=O) groups is 2. The highest BCUT2D eigenvalue weighted by atomic mass is 16.2. The Labute approximate surface area is 152 Å². The quantitative estimate of drug-likeness (QED) is 0.521. The van der Waals surface area contributed by atoms with Crippen molar-refractivity contribution in [1.82, 2.24) is 4.57 Å². The van der Waals surface area contributed by atoms with Gasteiger partial charge in [0.1, 0.15) is 0 Å². The normalized spacial score (nSPS) is 15.5. The van der Waals surface area contributed by atoms with Crippen molar-refractivity contribution in [2.75, 3.05) is 4.90 Å². The Morgan fingerprint density at radius 2 is 1.50 bits per heavy atom. The van der Waals surface area contributed by atoms with E-state index < -0.39 is 0 Å². The summed E-state index contributed by atoms with van der Waals surface area (Å²) in [5.41, 5.74) is 4.14. The highest BCUT2D eigenvalue weighted by Gasteiger charge is 2.36. The molecular weight excluding hydrogens is 324 g/mol. The third kappa shape index (κ3) is 2.47. The van der Waals surface area contributed by atoms with Crippen molar-refractivity contribution in [3.05, 3.63) is 89.2 Å². The van der Waals surface area contributed by atoms with Crippen LogP contribution in [0.25, 0.3) is 11.6 Å². The van der Waals surface area contributed by atoms with Crippen LogP contribution in [0.5, 0.6) is 0 Å². The smallest absolute Gasteiger partial charge is 0.266 e. The minimum absolute atomic E-state index is 0.288. The van der Waals surface area contributed by atoms with Crippen LogP contribution in [0.4, 0.5) is 5.69 Å². The van der Waals surface area contributed by atoms with Gasteiger partial charge in [0.25, 0.3) is 11.8 Å². The Hall–Kier alpha value is -3.40. The summed E-state index contributed by atoms with van der Waals surface area (Å²) in [6.45, 7) is 1.90. The Morgan fingerprint density at radius 3 is 2.19 bits per heavy atom. The van der Waals surface area contributed by atoms with Crippen molar-refractivity contribution in [3.63, 3.8) is 0 Å². The number of anilines is 1. The molecule has 0 N–H and O–H groups in total. The number of hydrogen-bond acceptors (Lipinski definition) is 2. The molecule has 26 heavy (non-hydrogen) atoms. The van der Waals surface area contributed by atoms with E-state index >= 15 is 0 Å². The molecule has 3 aromatic rings. The molecule has 1 aliphatic rings. The van der Waals surface area contributed by atoms with Crippen molar-refractivity contribution in [3.8, 4) is 0 Å². The summed E-state index contributed by atoms with van der Waals surface area (Å²) in [7, 11) is 1.93. The van der Waals surface area contributed by atoms with E-state index in [-0.39, 0.29) is 11.8 Å². The van der Waals surface area contributed by atoms with Gasteiger partial charge in [-0.15, -0.1) is 0 Å². The van der Waals surface area contributed by atoms with Crippen LogP contribution in [0.15, 0.2) is 66.9 Å². The standard InChI is InChI=1S/C22H18N2O2/c1-15-8-3-6-12-20(15)24-21(25)18-11-5-4-10-17(18)19(22(24)26)14-16-9-7-13-23(16)2/h3-14H,1-2H3/b19-14-. The summed E-state index contributed by atoms with van der Waals surface area (Å²) >= 11 is 0. The first-order valence-electron chi connectivity index (χ1n) is 8.45. The molecule has 1 aliphatic heterocycles. The zero-order valence-electron chi connectivity index (χ0n) is 14.6. The molecular formula is C22H18N2O2. The summed E-state index contributed by atoms with van der Waals surface area (Å²) < 4.78 is 1.94. The second-order valence-corrected chi connectivity index (χ2v) is 6.38. The third-order valence-corrected chi connectivity index (χ3v) is 4.72. The van der Waals surface area contributed by atoms with Gasteiger partial charge >= 0.3 is 0 Å². The van der Waals surface area contributed by atoms with Crippen LogP contribution in [0.3, 0.4) is 0 Å². The van der Waals surface area contributed by atoms with E-state index in [1.165, 1.54) is 4.90 Å². The van der Waals surface area contributed by atoms with Gasteiger partial charge in [0.05, 0.1) is 11.3 Å². The van der Waals surface area contributed by atoms with Crippen LogP contribution >= 0.6 is 0 Å². The molecule has 0 saturated carbocycles. The molecule has 4 nitrogen and oxygen atoms in total. The Bertz CT molecular complexity index is 1060. The number of nitrogens with zero attached hydrogens (tertiary/aromatic N) is 2. The molecule has 0 bridgehead atoms. The van der Waals surface area contributed by atoms with Gasteiger partial charge in [0.2, 0.25) is 0 Å². The van der Waals surface area contributed by atoms with Gasteiger partial charge in [-0.3, -0.25) is 9.59 Å². The van der Waals surface area contributed by atoms with Crippen molar-refractivity contribution >= 4 is 29.2 Å². The lowest BCUT2D eigenvalue weighted by Gasteiger charge is -2.29. The molecule has 4 rings (SSSR count). The fourth-order valence-electron chi connectivity index (χ4n) is 3.30. The zero-order chi connectivity index (χ0) is 18.3. The fraction of sp³-hybridized carbons (Fsp3) is 0.0909. The Balaban J connectivity index is 1.95. The molecule has 2 heterocycles. The Kier molecular flexibility index (Phi) is 3.81. The van der Waals surface area contributed by atoms with Gasteiger partial charge in [-0.2, -0.15) is 0 Å². The highest BCUT2D eigenvalue weighted by Crippen LogP contribution is 2.34. The minimum atomic E-state index is -0.302. The van der Waals surface area contributed by atoms with Crippen molar-refractivity contribution < 1.29 is 9.59 Å². The summed E-state index contributed by atoms with van der Waals surface area (Å²) in [5.74, 6) is -0.590. The Morgan fingerprint density at radius 1 is 0.808 bits per heavy atom. The molecule has 0 radical (unpaired) electrons. The van der Waals surface area contributed by atoms with Crippen LogP contribution in [0.1, 0.15) is 27.2 Å². The lowest BCUT2D eigenvalue weighted by molar-refractivity contribution is -0.112. The van der Waals surface area contributed by atoms with Crippen LogP contribution in [-0.4, -0.2) is 16.4 Å². The number of aromatic nitrogens is 1. The molecule has 2 aromatic carbocycles. The number of aryl methyl sites for hydroxylation is 2. The summed E-state index contributed by atoms with van der Waals surface area (Å²) in [4.78, 5) is 27.7. The fourth-order valence-corrected chi connectivity index (χ4v) is 3.30. The highest BCUT2D eigenvalue weighted by molar-refractivity contribution is 6.43. The number of rotatable bonds is 2. The number of imide groups is 1. The summed E-state index contributed by atoms with van der Waals surface area (Å²) in [6, 6.07) is 18.6. The third-order valence-electron chi connectivity index (χ3n) is 4.72. The minimum Gasteiger partial charge on any atom is -0.351 e. The van der Waals surface area contributed by atoms with Crippen LogP contribution in [0, 0.1) is 6.92 Å². The molecule has 1 aromatic heterocycles. The second-order valence-electron chi connectivity index (χ2n) is 6.38. The van der Waals surface area contributed by atoms with E-state index in [0.717, 1.165) is 11.3 Å². The summed E-state index contributed by atoms with van der Waals surface area (Å²) in [6.07, 6.45) is 3.77. The number of para-hydroxylation sites is 1. The topological polar surface area (TPSA) is 42.3 Å². The van der Waals surface area contributed by atoms with Crippen molar-refractivity contribution in [2.24, 2.45) is 7.05 Å². The molecule has 128 valence electrons. The monoisotopic (exact) mass is 342 g/mol. The number of fused-ring (bicyclic) bond motifs is 1. The van der Waals surface area contributed by atoms with E-state index in [1.807, 2.05) is 79.3 Å². The van der Waals surface area contributed by atoms with Gasteiger partial charge in [-0.1, -0.05) is 36.4 Å². The SMILES string of the molecule is Cc1ccccc1N1C(=O)/C(=C\c2cccn2C)c2ccccc2C1=O. The van der Waals surface area contributed by atoms with E-state index in [4.69, 9.17) is 0 Å². The molecule has 4 heteroatoms.